The Bertz CT molecular complexity index is 1450. The first-order valence-electron chi connectivity index (χ1n) is 13.9. The van der Waals surface area contributed by atoms with Crippen molar-refractivity contribution in [1.29, 1.82) is 0 Å². The van der Waals surface area contributed by atoms with Crippen LogP contribution < -0.4 is 15.4 Å². The molecule has 0 saturated heterocycles. The number of ether oxygens (including phenoxy) is 3. The van der Waals surface area contributed by atoms with Gasteiger partial charge in [0.1, 0.15) is 15.6 Å². The number of anilines is 1. The van der Waals surface area contributed by atoms with Gasteiger partial charge in [0.2, 0.25) is 5.91 Å². The summed E-state index contributed by atoms with van der Waals surface area (Å²) in [6.45, 7) is 9.78. The molecule has 232 valence electrons. The second-order valence-corrected chi connectivity index (χ2v) is 11.6. The number of hydrogen-bond donors (Lipinski definition) is 2. The van der Waals surface area contributed by atoms with Crippen molar-refractivity contribution < 1.29 is 33.4 Å². The topological polar surface area (TPSA) is 151 Å². The summed E-state index contributed by atoms with van der Waals surface area (Å²) >= 11 is 2.17. The van der Waals surface area contributed by atoms with Gasteiger partial charge in [0.05, 0.1) is 43.2 Å². The first kappa shape index (κ1) is 33.6. The zero-order chi connectivity index (χ0) is 31.5. The van der Waals surface area contributed by atoms with Gasteiger partial charge < -0.3 is 29.4 Å². The number of nitrogens with zero attached hydrogens (tertiary/aromatic N) is 3. The number of para-hydroxylation sites is 1. The van der Waals surface area contributed by atoms with Crippen molar-refractivity contribution in [2.24, 2.45) is 0 Å². The summed E-state index contributed by atoms with van der Waals surface area (Å²) < 4.78 is 17.5. The fourth-order valence-corrected chi connectivity index (χ4v) is 6.02. The summed E-state index contributed by atoms with van der Waals surface area (Å²) in [5.74, 6) is -0.915. The maximum absolute atomic E-state index is 13.3. The molecule has 0 spiro atoms. The van der Waals surface area contributed by atoms with Crippen LogP contribution >= 0.6 is 23.1 Å². The van der Waals surface area contributed by atoms with Crippen molar-refractivity contribution in [3.05, 3.63) is 51.7 Å². The predicted molar refractivity (Wildman–Crippen MR) is 164 cm³/mol. The van der Waals surface area contributed by atoms with Crippen LogP contribution in [0.3, 0.4) is 0 Å². The largest absolute Gasteiger partial charge is 0.496 e. The number of methoxy groups -OCH3 is 1. The summed E-state index contributed by atoms with van der Waals surface area (Å²) in [7, 11) is 1.50. The van der Waals surface area contributed by atoms with Crippen LogP contribution in [0.1, 0.15) is 82.3 Å². The van der Waals surface area contributed by atoms with Crippen LogP contribution in [0, 0.1) is 6.92 Å². The monoisotopic (exact) mass is 631 g/mol. The lowest BCUT2D eigenvalue weighted by Crippen LogP contribution is -2.26. The minimum atomic E-state index is -0.649. The zero-order valence-corrected chi connectivity index (χ0v) is 26.8. The molecule has 0 radical (unpaired) electrons. The number of carbonyl (C=O) groups excluding carboxylic acids is 4. The van der Waals surface area contributed by atoms with Gasteiger partial charge in [-0.1, -0.05) is 37.2 Å². The number of aromatic nitrogens is 3. The number of esters is 2. The van der Waals surface area contributed by atoms with Crippen LogP contribution in [0.2, 0.25) is 0 Å². The number of benzene rings is 1. The third-order valence-electron chi connectivity index (χ3n) is 6.26. The molecule has 3 rings (SSSR count). The van der Waals surface area contributed by atoms with Gasteiger partial charge in [0, 0.05) is 6.54 Å². The highest BCUT2D eigenvalue weighted by Crippen LogP contribution is 2.35. The van der Waals surface area contributed by atoms with Crippen LogP contribution in [-0.2, 0) is 27.4 Å². The van der Waals surface area contributed by atoms with Gasteiger partial charge >= 0.3 is 11.9 Å². The summed E-state index contributed by atoms with van der Waals surface area (Å²) in [4.78, 5) is 51.6. The summed E-state index contributed by atoms with van der Waals surface area (Å²) in [5, 5.41) is 14.3. The van der Waals surface area contributed by atoms with E-state index >= 15 is 0 Å². The molecule has 2 N–H and O–H groups in total. The third-order valence-corrected chi connectivity index (χ3v) is 8.53. The van der Waals surface area contributed by atoms with Gasteiger partial charge in [-0.3, -0.25) is 9.59 Å². The molecule has 1 aromatic carbocycles. The second-order valence-electron chi connectivity index (χ2n) is 9.24. The van der Waals surface area contributed by atoms with E-state index < -0.39 is 23.1 Å². The molecule has 0 aliphatic heterocycles. The lowest BCUT2D eigenvalue weighted by atomic mass is 10.1. The van der Waals surface area contributed by atoms with Crippen LogP contribution in [-0.4, -0.2) is 64.1 Å². The maximum atomic E-state index is 13.3. The van der Waals surface area contributed by atoms with Gasteiger partial charge in [0.15, 0.2) is 11.0 Å². The Morgan fingerprint density at radius 1 is 1.05 bits per heavy atom. The van der Waals surface area contributed by atoms with Crippen molar-refractivity contribution in [2.75, 3.05) is 25.6 Å². The van der Waals surface area contributed by atoms with Gasteiger partial charge in [-0.25, -0.2) is 9.59 Å². The number of unbranched alkanes of at least 4 members (excludes halogenated alkanes) is 1. The first-order chi connectivity index (χ1) is 20.7. The molecule has 1 unspecified atom stereocenters. The highest BCUT2D eigenvalue weighted by molar-refractivity contribution is 8.00. The van der Waals surface area contributed by atoms with Crippen LogP contribution in [0.25, 0.3) is 0 Å². The number of nitrogens with one attached hydrogen (secondary N) is 2. The Kier molecular flexibility index (Phi) is 12.6. The molecule has 0 fully saturated rings. The molecule has 0 bridgehead atoms. The summed E-state index contributed by atoms with van der Waals surface area (Å²) in [5.41, 5.74) is 0.915. The van der Waals surface area contributed by atoms with Crippen molar-refractivity contribution in [1.82, 2.24) is 20.1 Å². The van der Waals surface area contributed by atoms with E-state index in [0.29, 0.717) is 34.4 Å². The maximum Gasteiger partial charge on any atom is 0.348 e. The normalized spacial score (nSPS) is 11.5. The Hall–Kier alpha value is -3.91. The Labute approximate surface area is 258 Å². The molecule has 2 aromatic heterocycles. The van der Waals surface area contributed by atoms with E-state index in [1.807, 2.05) is 4.57 Å². The average molecular weight is 632 g/mol. The van der Waals surface area contributed by atoms with E-state index in [1.165, 1.54) is 18.9 Å². The van der Waals surface area contributed by atoms with Gasteiger partial charge in [-0.05, 0) is 51.8 Å². The Balaban J connectivity index is 1.78. The van der Waals surface area contributed by atoms with Crippen molar-refractivity contribution in [2.45, 2.75) is 71.0 Å². The van der Waals surface area contributed by atoms with Gasteiger partial charge in [-0.15, -0.1) is 21.5 Å². The zero-order valence-electron chi connectivity index (χ0n) is 25.1. The number of amides is 2. The van der Waals surface area contributed by atoms with Gasteiger partial charge in [0.25, 0.3) is 5.91 Å². The summed E-state index contributed by atoms with van der Waals surface area (Å²) in [6, 6.07) is 6.93. The number of hydrogen-bond acceptors (Lipinski definition) is 11. The molecular formula is C29H37N5O7S2. The number of carbonyl (C=O) groups is 4. The fraction of sp³-hybridized carbons (Fsp3) is 0.448. The predicted octanol–water partition coefficient (Wildman–Crippen LogP) is 4.86. The average Bonchev–Trinajstić information content (AvgIpc) is 3.53. The van der Waals surface area contributed by atoms with Crippen molar-refractivity contribution >= 4 is 51.9 Å². The molecule has 0 aliphatic rings. The standard InChI is InChI=1S/C29H37N5O7S2/c1-7-10-15-34-21(16-30-25(36)19-13-11-12-14-20(19)39-6)32-33-29(34)42-18(5)24(35)31-26-22(27(37)40-8-2)17(4)23(43-26)28(38)41-9-3/h11-14,18H,7-10,15-16H2,1-6H3,(H,30,36)(H,31,35). The fourth-order valence-electron chi connectivity index (χ4n) is 4.03. The smallest absolute Gasteiger partial charge is 0.348 e. The lowest BCUT2D eigenvalue weighted by molar-refractivity contribution is -0.115. The molecule has 0 saturated carbocycles. The minimum Gasteiger partial charge on any atom is -0.496 e. The quantitative estimate of drug-likeness (QED) is 0.176. The number of thiophene rings is 1. The molecule has 14 heteroatoms. The van der Waals surface area contributed by atoms with Crippen LogP contribution in [0.15, 0.2) is 29.4 Å². The molecular weight excluding hydrogens is 594 g/mol. The molecule has 2 amide bonds. The first-order valence-corrected chi connectivity index (χ1v) is 15.6. The minimum absolute atomic E-state index is 0.125. The highest BCUT2D eigenvalue weighted by atomic mass is 32.2. The SMILES string of the molecule is CCCCn1c(CNC(=O)c2ccccc2OC)nnc1SC(C)C(=O)Nc1sc(C(=O)OCC)c(C)c1C(=O)OCC. The third kappa shape index (κ3) is 8.35. The van der Waals surface area contributed by atoms with E-state index in [9.17, 15) is 19.2 Å². The van der Waals surface area contributed by atoms with Crippen molar-refractivity contribution in [3.8, 4) is 5.75 Å². The van der Waals surface area contributed by atoms with E-state index in [4.69, 9.17) is 14.2 Å². The second kappa shape index (κ2) is 16.1. The van der Waals surface area contributed by atoms with E-state index in [-0.39, 0.29) is 41.1 Å². The van der Waals surface area contributed by atoms with Gasteiger partial charge in [-0.2, -0.15) is 0 Å². The molecule has 1 atom stereocenters. The molecule has 2 heterocycles. The number of thioether (sulfide) groups is 1. The molecule has 3 aromatic rings. The Morgan fingerprint density at radius 3 is 2.42 bits per heavy atom. The Morgan fingerprint density at radius 2 is 1.74 bits per heavy atom. The van der Waals surface area contributed by atoms with Crippen molar-refractivity contribution in [3.63, 3.8) is 0 Å². The molecule has 12 nitrogen and oxygen atoms in total. The number of rotatable bonds is 15. The van der Waals surface area contributed by atoms with Crippen LogP contribution in [0.4, 0.5) is 5.00 Å². The van der Waals surface area contributed by atoms with Crippen LogP contribution in [0.5, 0.6) is 5.75 Å². The van der Waals surface area contributed by atoms with E-state index in [1.54, 1.807) is 52.0 Å². The molecule has 0 aliphatic carbocycles. The molecule has 43 heavy (non-hydrogen) atoms. The van der Waals surface area contributed by atoms with E-state index in [0.717, 1.165) is 24.2 Å². The lowest BCUT2D eigenvalue weighted by Gasteiger charge is -2.14. The van der Waals surface area contributed by atoms with E-state index in [2.05, 4.69) is 27.8 Å². The highest BCUT2D eigenvalue weighted by Gasteiger charge is 2.29. The summed E-state index contributed by atoms with van der Waals surface area (Å²) in [6.07, 6.45) is 1.76.